The van der Waals surface area contributed by atoms with E-state index in [-0.39, 0.29) is 24.0 Å². The molecule has 0 radical (unpaired) electrons. The van der Waals surface area contributed by atoms with Gasteiger partial charge in [0.1, 0.15) is 6.61 Å². The van der Waals surface area contributed by atoms with Crippen LogP contribution < -0.4 is 10.1 Å². The summed E-state index contributed by atoms with van der Waals surface area (Å²) in [5.74, 6) is 1.65. The fourth-order valence-corrected chi connectivity index (χ4v) is 4.24. The van der Waals surface area contributed by atoms with E-state index < -0.39 is 0 Å². The van der Waals surface area contributed by atoms with Crippen LogP contribution in [0.4, 0.5) is 0 Å². The van der Waals surface area contributed by atoms with Gasteiger partial charge in [0.25, 0.3) is 0 Å². The number of nitrogens with zero attached hydrogens (tertiary/aromatic N) is 3. The predicted molar refractivity (Wildman–Crippen MR) is 119 cm³/mol. The minimum absolute atomic E-state index is 0. The molecule has 1 saturated heterocycles. The van der Waals surface area contributed by atoms with Crippen LogP contribution in [0.25, 0.3) is 0 Å². The Bertz CT molecular complexity index is 605. The number of methoxy groups -OCH3 is 1. The van der Waals surface area contributed by atoms with Gasteiger partial charge >= 0.3 is 0 Å². The number of hydrogen-bond acceptors (Lipinski definition) is 4. The van der Waals surface area contributed by atoms with Crippen LogP contribution in [0, 0.1) is 5.41 Å². The molecule has 1 aliphatic heterocycles. The summed E-state index contributed by atoms with van der Waals surface area (Å²) >= 11 is 0. The van der Waals surface area contributed by atoms with E-state index in [0.29, 0.717) is 31.1 Å². The minimum Gasteiger partial charge on any atom is -0.475 e. The number of guanidine groups is 1. The zero-order valence-corrected chi connectivity index (χ0v) is 18.9. The molecule has 3 rings (SSSR count). The first kappa shape index (κ1) is 22.2. The molecule has 0 atom stereocenters. The molecular formula is C20H33IN4O2. The van der Waals surface area contributed by atoms with E-state index in [0.717, 1.165) is 24.6 Å². The monoisotopic (exact) mass is 488 g/mol. The lowest BCUT2D eigenvalue weighted by molar-refractivity contribution is 0.143. The Kier molecular flexibility index (Phi) is 9.08. The summed E-state index contributed by atoms with van der Waals surface area (Å²) < 4.78 is 10.8. The Morgan fingerprint density at radius 1 is 1.26 bits per heavy atom. The topological polar surface area (TPSA) is 59.0 Å². The Labute approximate surface area is 180 Å². The maximum atomic E-state index is 5.73. The number of rotatable bonds is 6. The van der Waals surface area contributed by atoms with E-state index in [2.05, 4.69) is 20.2 Å². The molecule has 1 aromatic heterocycles. The average Bonchev–Trinajstić information content (AvgIpc) is 3.07. The van der Waals surface area contributed by atoms with Crippen LogP contribution in [-0.2, 0) is 11.3 Å². The third-order valence-corrected chi connectivity index (χ3v) is 5.68. The van der Waals surface area contributed by atoms with Crippen molar-refractivity contribution in [3.05, 3.63) is 23.9 Å². The summed E-state index contributed by atoms with van der Waals surface area (Å²) in [6.07, 6.45) is 9.98. The van der Waals surface area contributed by atoms with Crippen LogP contribution in [-0.4, -0.2) is 56.3 Å². The number of hydrogen-bond donors (Lipinski definition) is 1. The van der Waals surface area contributed by atoms with Crippen molar-refractivity contribution < 1.29 is 9.47 Å². The molecule has 1 aromatic rings. The van der Waals surface area contributed by atoms with Gasteiger partial charge in [-0.2, -0.15) is 0 Å². The third-order valence-electron chi connectivity index (χ3n) is 5.68. The van der Waals surface area contributed by atoms with Crippen molar-refractivity contribution in [1.29, 1.82) is 0 Å². The summed E-state index contributed by atoms with van der Waals surface area (Å²) in [5.41, 5.74) is 1.56. The number of pyridine rings is 1. The first-order valence-corrected chi connectivity index (χ1v) is 9.78. The van der Waals surface area contributed by atoms with Gasteiger partial charge in [-0.1, -0.05) is 25.3 Å². The lowest BCUT2D eigenvalue weighted by Crippen LogP contribution is -2.41. The fraction of sp³-hybridized carbons (Fsp3) is 0.700. The van der Waals surface area contributed by atoms with Gasteiger partial charge in [-0.3, -0.25) is 4.99 Å². The summed E-state index contributed by atoms with van der Waals surface area (Å²) in [6, 6.07) is 3.98. The zero-order valence-electron chi connectivity index (χ0n) is 16.6. The normalized spacial score (nSPS) is 19.0. The van der Waals surface area contributed by atoms with Crippen LogP contribution in [0.2, 0.25) is 0 Å². The molecule has 1 aliphatic carbocycles. The summed E-state index contributed by atoms with van der Waals surface area (Å²) in [6.45, 7) is 3.96. The van der Waals surface area contributed by atoms with Crippen molar-refractivity contribution >= 4 is 29.9 Å². The molecule has 7 heteroatoms. The van der Waals surface area contributed by atoms with Crippen LogP contribution in [0.3, 0.4) is 0 Å². The molecule has 1 saturated carbocycles. The summed E-state index contributed by atoms with van der Waals surface area (Å²) in [4.78, 5) is 11.3. The van der Waals surface area contributed by atoms with E-state index >= 15 is 0 Å². The molecule has 1 spiro atoms. The van der Waals surface area contributed by atoms with Crippen LogP contribution in [0.5, 0.6) is 5.88 Å². The Balaban J connectivity index is 0.00000261. The average molecular weight is 488 g/mol. The SMILES string of the molecule is CN=C(NCc1cccnc1OCCOC)N1CCC2(CCCCC2)C1.I. The number of nitrogens with one attached hydrogen (secondary N) is 1. The van der Waals surface area contributed by atoms with Gasteiger partial charge in [0.15, 0.2) is 5.96 Å². The van der Waals surface area contributed by atoms with Gasteiger partial charge in [0.05, 0.1) is 6.61 Å². The molecule has 0 bridgehead atoms. The zero-order chi connectivity index (χ0) is 18.2. The molecule has 2 fully saturated rings. The number of halogens is 1. The minimum atomic E-state index is 0. The van der Waals surface area contributed by atoms with Crippen molar-refractivity contribution in [3.8, 4) is 5.88 Å². The molecule has 1 N–H and O–H groups in total. The summed E-state index contributed by atoms with van der Waals surface area (Å²) in [7, 11) is 3.54. The van der Waals surface area contributed by atoms with E-state index in [4.69, 9.17) is 9.47 Å². The second kappa shape index (κ2) is 11.0. The second-order valence-electron chi connectivity index (χ2n) is 7.44. The molecule has 0 aromatic carbocycles. The Hall–Kier alpha value is -1.09. The predicted octanol–water partition coefficient (Wildman–Crippen LogP) is 3.46. The van der Waals surface area contributed by atoms with Gasteiger partial charge in [0, 0.05) is 45.6 Å². The van der Waals surface area contributed by atoms with Gasteiger partial charge in [-0.25, -0.2) is 4.98 Å². The number of likely N-dealkylation sites (tertiary alicyclic amines) is 1. The van der Waals surface area contributed by atoms with Crippen LogP contribution in [0.1, 0.15) is 44.1 Å². The summed E-state index contributed by atoms with van der Waals surface area (Å²) in [5, 5.41) is 3.51. The van der Waals surface area contributed by atoms with Crippen LogP contribution in [0.15, 0.2) is 23.3 Å². The van der Waals surface area contributed by atoms with Gasteiger partial charge < -0.3 is 19.7 Å². The molecule has 6 nitrogen and oxygen atoms in total. The molecule has 152 valence electrons. The lowest BCUT2D eigenvalue weighted by atomic mass is 9.73. The number of ether oxygens (including phenoxy) is 2. The van der Waals surface area contributed by atoms with Gasteiger partial charge in [-0.15, -0.1) is 24.0 Å². The highest BCUT2D eigenvalue weighted by Crippen LogP contribution is 2.43. The highest BCUT2D eigenvalue weighted by molar-refractivity contribution is 14.0. The van der Waals surface area contributed by atoms with E-state index in [9.17, 15) is 0 Å². The highest BCUT2D eigenvalue weighted by atomic mass is 127. The fourth-order valence-electron chi connectivity index (χ4n) is 4.24. The molecule has 2 aliphatic rings. The third kappa shape index (κ3) is 5.94. The van der Waals surface area contributed by atoms with Crippen molar-refractivity contribution in [3.63, 3.8) is 0 Å². The number of aliphatic imine (C=N–C) groups is 1. The first-order chi connectivity index (χ1) is 12.8. The van der Waals surface area contributed by atoms with Crippen molar-refractivity contribution in [1.82, 2.24) is 15.2 Å². The molecule has 2 heterocycles. The Morgan fingerprint density at radius 2 is 2.07 bits per heavy atom. The lowest BCUT2D eigenvalue weighted by Gasteiger charge is -2.33. The van der Waals surface area contributed by atoms with Gasteiger partial charge in [0.2, 0.25) is 5.88 Å². The maximum Gasteiger partial charge on any atom is 0.218 e. The Morgan fingerprint density at radius 3 is 2.81 bits per heavy atom. The quantitative estimate of drug-likeness (QED) is 0.288. The molecular weight excluding hydrogens is 455 g/mol. The number of aromatic nitrogens is 1. The molecule has 0 unspecified atom stereocenters. The van der Waals surface area contributed by atoms with Crippen molar-refractivity contribution in [2.75, 3.05) is 40.5 Å². The second-order valence-corrected chi connectivity index (χ2v) is 7.44. The largest absolute Gasteiger partial charge is 0.475 e. The van der Waals surface area contributed by atoms with E-state index in [1.165, 1.54) is 38.5 Å². The van der Waals surface area contributed by atoms with Gasteiger partial charge in [-0.05, 0) is 30.7 Å². The van der Waals surface area contributed by atoms with Crippen molar-refractivity contribution in [2.45, 2.75) is 45.1 Å². The standard InChI is InChI=1S/C20H32N4O2.HI/c1-21-19(24-12-10-20(16-24)8-4-3-5-9-20)23-15-17-7-6-11-22-18(17)26-14-13-25-2;/h6-7,11H,3-5,8-10,12-16H2,1-2H3,(H,21,23);1H. The van der Waals surface area contributed by atoms with E-state index in [1.807, 2.05) is 19.2 Å². The van der Waals surface area contributed by atoms with Crippen LogP contribution >= 0.6 is 24.0 Å². The smallest absolute Gasteiger partial charge is 0.218 e. The molecule has 0 amide bonds. The molecule has 27 heavy (non-hydrogen) atoms. The first-order valence-electron chi connectivity index (χ1n) is 9.78. The highest BCUT2D eigenvalue weighted by Gasteiger charge is 2.39. The van der Waals surface area contributed by atoms with Crippen molar-refractivity contribution in [2.24, 2.45) is 10.4 Å². The maximum absolute atomic E-state index is 5.73. The van der Waals surface area contributed by atoms with E-state index in [1.54, 1.807) is 13.3 Å².